The topological polar surface area (TPSA) is 26.0 Å². The fourth-order valence-electron chi connectivity index (χ4n) is 1.84. The van der Waals surface area contributed by atoms with Crippen molar-refractivity contribution >= 4 is 20.1 Å². The molecule has 1 unspecified atom stereocenters. The smallest absolute Gasteiger partial charge is 0.0116 e. The highest BCUT2D eigenvalue weighted by molar-refractivity contribution is 7.27. The van der Waals surface area contributed by atoms with Crippen LogP contribution in [0.25, 0.3) is 5.57 Å². The molecule has 0 radical (unpaired) electrons. The molecular weight excluding hydrogens is 225 g/mol. The van der Waals surface area contributed by atoms with Crippen LogP contribution in [0.15, 0.2) is 60.7 Å². The summed E-state index contributed by atoms with van der Waals surface area (Å²) in [5.74, 6) is 0. The summed E-state index contributed by atoms with van der Waals surface area (Å²) in [7, 11) is 2.72. The van der Waals surface area contributed by atoms with Gasteiger partial charge in [-0.3, -0.25) is 0 Å². The van der Waals surface area contributed by atoms with Gasteiger partial charge in [0.1, 0.15) is 0 Å². The van der Waals surface area contributed by atoms with E-state index in [1.54, 1.807) is 0 Å². The Morgan fingerprint density at radius 1 is 1.00 bits per heavy atom. The van der Waals surface area contributed by atoms with Gasteiger partial charge in [-0.2, -0.15) is 0 Å². The second kappa shape index (κ2) is 5.77. The number of benzene rings is 2. The monoisotopic (exact) mass is 241 g/mol. The van der Waals surface area contributed by atoms with Gasteiger partial charge in [0.05, 0.1) is 0 Å². The van der Waals surface area contributed by atoms with Crippen LogP contribution in [0.5, 0.6) is 0 Å². The molecule has 0 aliphatic carbocycles. The van der Waals surface area contributed by atoms with E-state index in [2.05, 4.69) is 51.7 Å². The zero-order valence-corrected chi connectivity index (χ0v) is 10.8. The van der Waals surface area contributed by atoms with E-state index < -0.39 is 0 Å². The van der Waals surface area contributed by atoms with E-state index in [1.165, 1.54) is 22.0 Å². The molecule has 86 valence electrons. The summed E-state index contributed by atoms with van der Waals surface area (Å²) < 4.78 is 0. The van der Waals surface area contributed by atoms with Gasteiger partial charge in [0.2, 0.25) is 0 Å². The molecule has 0 spiro atoms. The van der Waals surface area contributed by atoms with E-state index >= 15 is 0 Å². The molecule has 2 heteroatoms. The Balaban J connectivity index is 2.47. The molecular formula is C15H16NP. The Morgan fingerprint density at radius 2 is 1.71 bits per heavy atom. The quantitative estimate of drug-likeness (QED) is 0.821. The van der Waals surface area contributed by atoms with Gasteiger partial charge in [-0.05, 0) is 28.1 Å². The highest BCUT2D eigenvalue weighted by Crippen LogP contribution is 2.22. The number of nitrogens with two attached hydrogens (primary N) is 1. The molecule has 1 atom stereocenters. The maximum absolute atomic E-state index is 5.66. The number of rotatable bonds is 3. The lowest BCUT2D eigenvalue weighted by Gasteiger charge is -2.09. The third-order valence-corrected chi connectivity index (χ3v) is 2.96. The minimum absolute atomic E-state index is 0.547. The summed E-state index contributed by atoms with van der Waals surface area (Å²) in [5, 5.41) is 1.18. The molecule has 0 saturated heterocycles. The van der Waals surface area contributed by atoms with Gasteiger partial charge in [-0.15, -0.1) is 9.24 Å². The third-order valence-electron chi connectivity index (χ3n) is 2.60. The molecule has 0 aromatic heterocycles. The van der Waals surface area contributed by atoms with Crippen LogP contribution in [-0.4, -0.2) is 6.54 Å². The van der Waals surface area contributed by atoms with Crippen molar-refractivity contribution in [3.63, 3.8) is 0 Å². The minimum Gasteiger partial charge on any atom is -0.327 e. The van der Waals surface area contributed by atoms with Crippen LogP contribution in [-0.2, 0) is 0 Å². The fraction of sp³-hybridized carbons (Fsp3) is 0.0667. The zero-order chi connectivity index (χ0) is 12.1. The van der Waals surface area contributed by atoms with Crippen molar-refractivity contribution in [2.45, 2.75) is 0 Å². The predicted octanol–water partition coefficient (Wildman–Crippen LogP) is 2.58. The molecule has 0 bridgehead atoms. The Bertz CT molecular complexity index is 517. The molecule has 0 aliphatic rings. The SMILES string of the molecule is NC/C=C(/c1ccccc1)c1cccc(P)c1. The molecule has 2 N–H and O–H groups in total. The van der Waals surface area contributed by atoms with Crippen molar-refractivity contribution in [3.8, 4) is 0 Å². The average Bonchev–Trinajstić information content (AvgIpc) is 2.37. The molecule has 0 fully saturated rings. The van der Waals surface area contributed by atoms with E-state index in [0.717, 1.165) is 0 Å². The van der Waals surface area contributed by atoms with Gasteiger partial charge >= 0.3 is 0 Å². The Morgan fingerprint density at radius 3 is 2.35 bits per heavy atom. The fourth-order valence-corrected chi connectivity index (χ4v) is 2.13. The van der Waals surface area contributed by atoms with Gasteiger partial charge in [-0.25, -0.2) is 0 Å². The Labute approximate surface area is 105 Å². The van der Waals surface area contributed by atoms with Crippen LogP contribution in [0.2, 0.25) is 0 Å². The predicted molar refractivity (Wildman–Crippen MR) is 78.4 cm³/mol. The molecule has 0 aliphatic heterocycles. The van der Waals surface area contributed by atoms with Gasteiger partial charge in [0, 0.05) is 6.54 Å². The van der Waals surface area contributed by atoms with Crippen molar-refractivity contribution < 1.29 is 0 Å². The lowest BCUT2D eigenvalue weighted by Crippen LogP contribution is -1.99. The maximum atomic E-state index is 5.66. The van der Waals surface area contributed by atoms with E-state index in [4.69, 9.17) is 5.73 Å². The standard InChI is InChI=1S/C15H16NP/c16-10-9-15(12-5-2-1-3-6-12)13-7-4-8-14(17)11-13/h1-9,11H,10,16-17H2/b15-9-. The van der Waals surface area contributed by atoms with Crippen LogP contribution >= 0.6 is 9.24 Å². The van der Waals surface area contributed by atoms with Crippen molar-refractivity contribution in [1.29, 1.82) is 0 Å². The second-order valence-electron chi connectivity index (χ2n) is 3.84. The van der Waals surface area contributed by atoms with Crippen LogP contribution < -0.4 is 11.0 Å². The molecule has 0 heterocycles. The van der Waals surface area contributed by atoms with Crippen molar-refractivity contribution in [2.75, 3.05) is 6.54 Å². The molecule has 2 aromatic carbocycles. The van der Waals surface area contributed by atoms with Crippen molar-refractivity contribution in [2.24, 2.45) is 5.73 Å². The van der Waals surface area contributed by atoms with Gasteiger partial charge < -0.3 is 5.73 Å². The van der Waals surface area contributed by atoms with Crippen molar-refractivity contribution in [3.05, 3.63) is 71.8 Å². The first kappa shape index (κ1) is 12.0. The van der Waals surface area contributed by atoms with E-state index in [0.29, 0.717) is 6.54 Å². The van der Waals surface area contributed by atoms with E-state index in [1.807, 2.05) is 18.2 Å². The summed E-state index contributed by atoms with van der Waals surface area (Å²) in [6.45, 7) is 0.547. The first-order chi connectivity index (χ1) is 8.31. The normalized spacial score (nSPS) is 11.5. The maximum Gasteiger partial charge on any atom is 0.0116 e. The molecule has 1 nitrogen and oxygen atoms in total. The van der Waals surface area contributed by atoms with Gasteiger partial charge in [0.25, 0.3) is 0 Å². The molecule has 0 amide bonds. The number of hydrogen-bond acceptors (Lipinski definition) is 1. The molecule has 2 aromatic rings. The van der Waals surface area contributed by atoms with Crippen LogP contribution in [0.1, 0.15) is 11.1 Å². The average molecular weight is 241 g/mol. The van der Waals surface area contributed by atoms with Crippen LogP contribution in [0.3, 0.4) is 0 Å². The minimum atomic E-state index is 0.547. The first-order valence-electron chi connectivity index (χ1n) is 5.63. The first-order valence-corrected chi connectivity index (χ1v) is 6.20. The lowest BCUT2D eigenvalue weighted by atomic mass is 9.98. The zero-order valence-electron chi connectivity index (χ0n) is 9.64. The van der Waals surface area contributed by atoms with Crippen LogP contribution in [0, 0.1) is 0 Å². The Kier molecular flexibility index (Phi) is 4.08. The van der Waals surface area contributed by atoms with Gasteiger partial charge in [0.15, 0.2) is 0 Å². The van der Waals surface area contributed by atoms with Gasteiger partial charge in [-0.1, -0.05) is 54.6 Å². The highest BCUT2D eigenvalue weighted by atomic mass is 31.0. The summed E-state index contributed by atoms with van der Waals surface area (Å²) in [6, 6.07) is 18.7. The largest absolute Gasteiger partial charge is 0.327 e. The second-order valence-corrected chi connectivity index (χ2v) is 4.51. The van der Waals surface area contributed by atoms with E-state index in [9.17, 15) is 0 Å². The summed E-state index contributed by atoms with van der Waals surface area (Å²) in [5.41, 5.74) is 9.26. The third kappa shape index (κ3) is 3.03. The molecule has 0 saturated carbocycles. The summed E-state index contributed by atoms with van der Waals surface area (Å²) >= 11 is 0. The number of hydrogen-bond donors (Lipinski definition) is 1. The van der Waals surface area contributed by atoms with Crippen molar-refractivity contribution in [1.82, 2.24) is 0 Å². The highest BCUT2D eigenvalue weighted by Gasteiger charge is 2.03. The van der Waals surface area contributed by atoms with Crippen LogP contribution in [0.4, 0.5) is 0 Å². The summed E-state index contributed by atoms with van der Waals surface area (Å²) in [4.78, 5) is 0. The molecule has 17 heavy (non-hydrogen) atoms. The summed E-state index contributed by atoms with van der Waals surface area (Å²) in [6.07, 6.45) is 2.06. The Hall–Kier alpha value is -1.43. The van der Waals surface area contributed by atoms with E-state index in [-0.39, 0.29) is 0 Å². The molecule has 2 rings (SSSR count). The lowest BCUT2D eigenvalue weighted by molar-refractivity contribution is 1.25.